The summed E-state index contributed by atoms with van der Waals surface area (Å²) in [5, 5.41) is 0. The highest BCUT2D eigenvalue weighted by molar-refractivity contribution is 9.10. The summed E-state index contributed by atoms with van der Waals surface area (Å²) in [6.45, 7) is 3.98. The summed E-state index contributed by atoms with van der Waals surface area (Å²) < 4.78 is 0.922. The molecule has 0 aromatic carbocycles. The van der Waals surface area contributed by atoms with Crippen LogP contribution in [0.5, 0.6) is 0 Å². The molecule has 0 atom stereocenters. The maximum Gasteiger partial charge on any atom is 0.146 e. The molecular formula is C10H15BrClN3. The van der Waals surface area contributed by atoms with Crippen LogP contribution in [0.2, 0.25) is 0 Å². The molecular weight excluding hydrogens is 277 g/mol. The first kappa shape index (κ1) is 12.7. The van der Waals surface area contributed by atoms with Gasteiger partial charge in [-0.2, -0.15) is 0 Å². The van der Waals surface area contributed by atoms with Crippen LogP contribution < -0.4 is 4.90 Å². The van der Waals surface area contributed by atoms with Gasteiger partial charge in [0.15, 0.2) is 0 Å². The van der Waals surface area contributed by atoms with Gasteiger partial charge in [-0.05, 0) is 22.4 Å². The van der Waals surface area contributed by atoms with Gasteiger partial charge in [0.1, 0.15) is 12.1 Å². The fourth-order valence-corrected chi connectivity index (χ4v) is 1.99. The highest BCUT2D eigenvalue weighted by Gasteiger charge is 2.10. The molecule has 1 rings (SSSR count). The van der Waals surface area contributed by atoms with Gasteiger partial charge in [0, 0.05) is 25.2 Å². The summed E-state index contributed by atoms with van der Waals surface area (Å²) in [7, 11) is 0. The minimum absolute atomic E-state index is 0.611. The van der Waals surface area contributed by atoms with E-state index in [1.165, 1.54) is 6.42 Å². The third kappa shape index (κ3) is 3.95. The van der Waals surface area contributed by atoms with Gasteiger partial charge in [-0.15, -0.1) is 11.6 Å². The smallest absolute Gasteiger partial charge is 0.146 e. The van der Waals surface area contributed by atoms with Crippen molar-refractivity contribution < 1.29 is 0 Å². The zero-order valence-electron chi connectivity index (χ0n) is 8.79. The average Bonchev–Trinajstić information content (AvgIpc) is 2.25. The lowest BCUT2D eigenvalue weighted by Crippen LogP contribution is -2.27. The molecule has 0 bridgehead atoms. The molecule has 0 radical (unpaired) electrons. The Labute approximate surface area is 104 Å². The van der Waals surface area contributed by atoms with Gasteiger partial charge >= 0.3 is 0 Å². The van der Waals surface area contributed by atoms with Gasteiger partial charge in [0.05, 0.1) is 4.47 Å². The minimum atomic E-state index is 0.611. The third-order valence-corrected chi connectivity index (χ3v) is 2.81. The zero-order chi connectivity index (χ0) is 11.1. The Bertz CT molecular complexity index is 296. The number of alkyl halides is 1. The second kappa shape index (κ2) is 7.01. The van der Waals surface area contributed by atoms with E-state index >= 15 is 0 Å². The van der Waals surface area contributed by atoms with E-state index in [4.69, 9.17) is 11.6 Å². The van der Waals surface area contributed by atoms with Crippen LogP contribution in [0.15, 0.2) is 17.0 Å². The van der Waals surface area contributed by atoms with Gasteiger partial charge in [-0.25, -0.2) is 9.97 Å². The molecule has 84 valence electrons. The van der Waals surface area contributed by atoms with Gasteiger partial charge < -0.3 is 4.90 Å². The van der Waals surface area contributed by atoms with E-state index in [2.05, 4.69) is 37.7 Å². The van der Waals surface area contributed by atoms with Crippen LogP contribution in [0, 0.1) is 0 Å². The second-order valence-electron chi connectivity index (χ2n) is 3.22. The van der Waals surface area contributed by atoms with Gasteiger partial charge in [0.25, 0.3) is 0 Å². The number of nitrogens with zero attached hydrogens (tertiary/aromatic N) is 3. The summed E-state index contributed by atoms with van der Waals surface area (Å²) in [6.07, 6.45) is 5.64. The number of rotatable bonds is 6. The summed E-state index contributed by atoms with van der Waals surface area (Å²) in [5.41, 5.74) is 0. The standard InChI is InChI=1S/C10H15BrClN3/c1-2-3-5-15(6-4-12)10-9(11)7-13-8-14-10/h7-8H,2-6H2,1H3. The molecule has 0 unspecified atom stereocenters. The van der Waals surface area contributed by atoms with Crippen molar-refractivity contribution in [2.24, 2.45) is 0 Å². The van der Waals surface area contributed by atoms with E-state index in [1.807, 2.05) is 0 Å². The van der Waals surface area contributed by atoms with Crippen molar-refractivity contribution in [2.75, 3.05) is 23.9 Å². The molecule has 0 fully saturated rings. The lowest BCUT2D eigenvalue weighted by molar-refractivity contribution is 0.723. The van der Waals surface area contributed by atoms with Crippen LogP contribution in [0.4, 0.5) is 5.82 Å². The summed E-state index contributed by atoms with van der Waals surface area (Å²) in [5.74, 6) is 1.54. The van der Waals surface area contributed by atoms with Crippen LogP contribution in [-0.2, 0) is 0 Å². The monoisotopic (exact) mass is 291 g/mol. The number of hydrogen-bond acceptors (Lipinski definition) is 3. The first-order valence-corrected chi connectivity index (χ1v) is 6.38. The molecule has 0 saturated carbocycles. The number of aromatic nitrogens is 2. The largest absolute Gasteiger partial charge is 0.354 e. The molecule has 0 spiro atoms. The predicted octanol–water partition coefficient (Wildman–Crippen LogP) is 3.08. The van der Waals surface area contributed by atoms with Gasteiger partial charge in [-0.1, -0.05) is 13.3 Å². The van der Waals surface area contributed by atoms with E-state index < -0.39 is 0 Å². The van der Waals surface area contributed by atoms with E-state index in [-0.39, 0.29) is 0 Å². The Balaban J connectivity index is 2.74. The maximum absolute atomic E-state index is 5.78. The lowest BCUT2D eigenvalue weighted by Gasteiger charge is -2.23. The molecule has 1 aromatic heterocycles. The normalized spacial score (nSPS) is 10.3. The molecule has 0 aliphatic heterocycles. The highest BCUT2D eigenvalue weighted by atomic mass is 79.9. The Morgan fingerprint density at radius 2 is 2.27 bits per heavy atom. The van der Waals surface area contributed by atoms with E-state index in [9.17, 15) is 0 Å². The topological polar surface area (TPSA) is 29.0 Å². The van der Waals surface area contributed by atoms with E-state index in [0.717, 1.165) is 29.8 Å². The molecule has 15 heavy (non-hydrogen) atoms. The number of halogens is 2. The number of unbranched alkanes of at least 4 members (excludes halogenated alkanes) is 1. The lowest BCUT2D eigenvalue weighted by atomic mass is 10.3. The average molecular weight is 293 g/mol. The first-order chi connectivity index (χ1) is 7.29. The van der Waals surface area contributed by atoms with Crippen molar-refractivity contribution in [3.8, 4) is 0 Å². The fourth-order valence-electron chi connectivity index (χ4n) is 1.31. The molecule has 0 saturated heterocycles. The molecule has 0 amide bonds. The van der Waals surface area contributed by atoms with E-state index in [1.54, 1.807) is 12.5 Å². The Hall–Kier alpha value is -0.350. The molecule has 1 aromatic rings. The Morgan fingerprint density at radius 3 is 2.87 bits per heavy atom. The van der Waals surface area contributed by atoms with Crippen LogP contribution in [-0.4, -0.2) is 28.9 Å². The van der Waals surface area contributed by atoms with E-state index in [0.29, 0.717) is 5.88 Å². The van der Waals surface area contributed by atoms with Gasteiger partial charge in [0.2, 0.25) is 0 Å². The van der Waals surface area contributed by atoms with Crippen molar-refractivity contribution in [1.29, 1.82) is 0 Å². The molecule has 1 heterocycles. The summed E-state index contributed by atoms with van der Waals surface area (Å²) in [4.78, 5) is 10.4. The summed E-state index contributed by atoms with van der Waals surface area (Å²) >= 11 is 9.23. The Kier molecular flexibility index (Phi) is 5.95. The molecule has 5 heteroatoms. The quantitative estimate of drug-likeness (QED) is 0.755. The highest BCUT2D eigenvalue weighted by Crippen LogP contribution is 2.22. The SMILES string of the molecule is CCCCN(CCCl)c1ncncc1Br. The molecule has 0 N–H and O–H groups in total. The molecule has 0 aliphatic carbocycles. The summed E-state index contributed by atoms with van der Waals surface area (Å²) in [6, 6.07) is 0. The van der Waals surface area contributed by atoms with Crippen molar-refractivity contribution in [3.63, 3.8) is 0 Å². The number of anilines is 1. The second-order valence-corrected chi connectivity index (χ2v) is 4.46. The molecule has 0 aliphatic rings. The van der Waals surface area contributed by atoms with Crippen LogP contribution in [0.1, 0.15) is 19.8 Å². The van der Waals surface area contributed by atoms with Crippen molar-refractivity contribution >= 4 is 33.3 Å². The Morgan fingerprint density at radius 1 is 1.47 bits per heavy atom. The zero-order valence-corrected chi connectivity index (χ0v) is 11.1. The predicted molar refractivity (Wildman–Crippen MR) is 67.6 cm³/mol. The van der Waals surface area contributed by atoms with Crippen molar-refractivity contribution in [2.45, 2.75) is 19.8 Å². The fraction of sp³-hybridized carbons (Fsp3) is 0.600. The molecule has 3 nitrogen and oxygen atoms in total. The number of hydrogen-bond donors (Lipinski definition) is 0. The first-order valence-electron chi connectivity index (χ1n) is 5.06. The van der Waals surface area contributed by atoms with Crippen molar-refractivity contribution in [3.05, 3.63) is 17.0 Å². The van der Waals surface area contributed by atoms with Crippen LogP contribution in [0.25, 0.3) is 0 Å². The van der Waals surface area contributed by atoms with Crippen LogP contribution in [0.3, 0.4) is 0 Å². The minimum Gasteiger partial charge on any atom is -0.354 e. The van der Waals surface area contributed by atoms with Crippen molar-refractivity contribution in [1.82, 2.24) is 9.97 Å². The maximum atomic E-state index is 5.78. The third-order valence-electron chi connectivity index (χ3n) is 2.08. The van der Waals surface area contributed by atoms with Gasteiger partial charge in [-0.3, -0.25) is 0 Å². The van der Waals surface area contributed by atoms with Crippen LogP contribution >= 0.6 is 27.5 Å².